The van der Waals surface area contributed by atoms with Crippen molar-refractivity contribution in [3.8, 4) is 0 Å². The molecule has 6 heteroatoms. The molecule has 1 heterocycles. The summed E-state index contributed by atoms with van der Waals surface area (Å²) in [4.78, 5) is 25.2. The highest BCUT2D eigenvalue weighted by molar-refractivity contribution is 5.90. The summed E-state index contributed by atoms with van der Waals surface area (Å²) in [7, 11) is 0. The maximum Gasteiger partial charge on any atom is 0.338 e. The van der Waals surface area contributed by atoms with Gasteiger partial charge in [-0.1, -0.05) is 43.3 Å². The molecule has 2 aromatic rings. The van der Waals surface area contributed by atoms with Crippen molar-refractivity contribution in [1.82, 2.24) is 0 Å². The minimum Gasteiger partial charge on any atom is -0.458 e. The summed E-state index contributed by atoms with van der Waals surface area (Å²) in [5.41, 5.74) is -0.667. The van der Waals surface area contributed by atoms with Crippen molar-refractivity contribution >= 4 is 11.9 Å². The SMILES string of the molecule is CC(C)(O)[C@H]1CC[C@@](C)([C@@H](COC(=O)c2ccccc2)OC(=O)c2ccccc2)CO1. The number of carbonyl (C=O) groups is 2. The highest BCUT2D eigenvalue weighted by Crippen LogP contribution is 2.38. The maximum absolute atomic E-state index is 12.7. The lowest BCUT2D eigenvalue weighted by molar-refractivity contribution is -0.169. The number of rotatable bonds is 7. The fourth-order valence-corrected chi connectivity index (χ4v) is 3.68. The van der Waals surface area contributed by atoms with Crippen molar-refractivity contribution < 1.29 is 28.9 Å². The molecule has 0 radical (unpaired) electrons. The highest BCUT2D eigenvalue weighted by Gasteiger charge is 2.44. The molecule has 0 bridgehead atoms. The maximum atomic E-state index is 12.7. The molecular weight excluding hydrogens is 396 g/mol. The summed E-state index contributed by atoms with van der Waals surface area (Å²) < 4.78 is 17.3. The molecule has 0 unspecified atom stereocenters. The first-order chi connectivity index (χ1) is 14.7. The Labute approximate surface area is 183 Å². The lowest BCUT2D eigenvalue weighted by Crippen LogP contribution is -2.51. The van der Waals surface area contributed by atoms with Gasteiger partial charge in [-0.05, 0) is 51.0 Å². The van der Waals surface area contributed by atoms with Gasteiger partial charge in [-0.15, -0.1) is 0 Å². The summed E-state index contributed by atoms with van der Waals surface area (Å²) >= 11 is 0. The average Bonchev–Trinajstić information content (AvgIpc) is 2.77. The molecule has 1 fully saturated rings. The van der Waals surface area contributed by atoms with Crippen LogP contribution in [0.25, 0.3) is 0 Å². The molecule has 0 spiro atoms. The molecule has 0 saturated carbocycles. The molecule has 1 aliphatic heterocycles. The van der Waals surface area contributed by atoms with E-state index in [-0.39, 0.29) is 19.3 Å². The number of carbonyl (C=O) groups excluding carboxylic acids is 2. The molecule has 1 aliphatic rings. The number of hydrogen-bond donors (Lipinski definition) is 1. The van der Waals surface area contributed by atoms with Gasteiger partial charge in [0.05, 0.1) is 29.4 Å². The van der Waals surface area contributed by atoms with Crippen LogP contribution < -0.4 is 0 Å². The smallest absolute Gasteiger partial charge is 0.338 e. The van der Waals surface area contributed by atoms with Gasteiger partial charge >= 0.3 is 11.9 Å². The van der Waals surface area contributed by atoms with Crippen LogP contribution in [0.2, 0.25) is 0 Å². The zero-order valence-electron chi connectivity index (χ0n) is 18.2. The van der Waals surface area contributed by atoms with Crippen molar-refractivity contribution in [1.29, 1.82) is 0 Å². The van der Waals surface area contributed by atoms with Crippen molar-refractivity contribution in [3.63, 3.8) is 0 Å². The Balaban J connectivity index is 1.74. The molecule has 1 saturated heterocycles. The predicted octanol–water partition coefficient (Wildman–Crippen LogP) is 4.03. The van der Waals surface area contributed by atoms with Gasteiger partial charge in [-0.3, -0.25) is 0 Å². The Morgan fingerprint density at radius 1 is 1.06 bits per heavy atom. The van der Waals surface area contributed by atoms with E-state index in [0.717, 1.165) is 0 Å². The summed E-state index contributed by atoms with van der Waals surface area (Å²) in [6.07, 6.45) is 0.247. The van der Waals surface area contributed by atoms with Crippen molar-refractivity contribution in [2.24, 2.45) is 5.41 Å². The van der Waals surface area contributed by atoms with Crippen LogP contribution in [0.1, 0.15) is 54.3 Å². The van der Waals surface area contributed by atoms with Crippen LogP contribution in [0.4, 0.5) is 0 Å². The number of esters is 2. The molecule has 0 aliphatic carbocycles. The third kappa shape index (κ3) is 5.93. The van der Waals surface area contributed by atoms with Gasteiger partial charge in [0.1, 0.15) is 12.7 Å². The Morgan fingerprint density at radius 2 is 1.61 bits per heavy atom. The Hall–Kier alpha value is -2.70. The van der Waals surface area contributed by atoms with Crippen molar-refractivity contribution in [2.45, 2.75) is 51.4 Å². The largest absolute Gasteiger partial charge is 0.458 e. The first kappa shape index (κ1) is 23.0. The topological polar surface area (TPSA) is 82.1 Å². The number of aliphatic hydroxyl groups is 1. The van der Waals surface area contributed by atoms with Gasteiger partial charge in [0.25, 0.3) is 0 Å². The van der Waals surface area contributed by atoms with E-state index in [2.05, 4.69) is 0 Å². The summed E-state index contributed by atoms with van der Waals surface area (Å²) in [6, 6.07) is 17.4. The van der Waals surface area contributed by atoms with E-state index in [1.165, 1.54) is 0 Å². The Bertz CT molecular complexity index is 864. The van der Waals surface area contributed by atoms with E-state index >= 15 is 0 Å². The molecule has 2 aromatic carbocycles. The fraction of sp³-hybridized carbons (Fsp3) is 0.440. The van der Waals surface area contributed by atoms with Gasteiger partial charge in [0.15, 0.2) is 0 Å². The Kier molecular flexibility index (Phi) is 7.13. The van der Waals surface area contributed by atoms with Crippen molar-refractivity contribution in [3.05, 3.63) is 71.8 Å². The van der Waals surface area contributed by atoms with E-state index < -0.39 is 29.1 Å². The molecule has 31 heavy (non-hydrogen) atoms. The van der Waals surface area contributed by atoms with E-state index in [1.807, 2.05) is 19.1 Å². The van der Waals surface area contributed by atoms with E-state index in [4.69, 9.17) is 14.2 Å². The van der Waals surface area contributed by atoms with Crippen LogP contribution in [0.15, 0.2) is 60.7 Å². The fourth-order valence-electron chi connectivity index (χ4n) is 3.68. The second-order valence-corrected chi connectivity index (χ2v) is 8.87. The van der Waals surface area contributed by atoms with Gasteiger partial charge in [-0.2, -0.15) is 0 Å². The first-order valence-electron chi connectivity index (χ1n) is 10.5. The zero-order valence-corrected chi connectivity index (χ0v) is 18.2. The third-order valence-corrected chi connectivity index (χ3v) is 5.79. The van der Waals surface area contributed by atoms with Gasteiger partial charge in [-0.25, -0.2) is 9.59 Å². The lowest BCUT2D eigenvalue weighted by Gasteiger charge is -2.44. The molecule has 1 N–H and O–H groups in total. The van der Waals surface area contributed by atoms with Gasteiger partial charge < -0.3 is 19.3 Å². The van der Waals surface area contributed by atoms with E-state index in [9.17, 15) is 14.7 Å². The standard InChI is InChI=1S/C25H30O6/c1-24(2,28)20-14-15-25(3,17-30-20)21(31-23(27)19-12-8-5-9-13-19)16-29-22(26)18-10-6-4-7-11-18/h4-13,20-21,28H,14-17H2,1-3H3/t20-,21-,25-/m1/s1. The second kappa shape index (κ2) is 9.62. The molecule has 0 amide bonds. The van der Waals surface area contributed by atoms with Crippen molar-refractivity contribution in [2.75, 3.05) is 13.2 Å². The summed E-state index contributed by atoms with van der Waals surface area (Å²) in [5, 5.41) is 10.3. The molecule has 3 atom stereocenters. The summed E-state index contributed by atoms with van der Waals surface area (Å²) in [5.74, 6) is -0.955. The Morgan fingerprint density at radius 3 is 2.10 bits per heavy atom. The number of hydrogen-bond acceptors (Lipinski definition) is 6. The van der Waals surface area contributed by atoms with E-state index in [1.54, 1.807) is 62.4 Å². The molecular formula is C25H30O6. The first-order valence-corrected chi connectivity index (χ1v) is 10.5. The normalized spacial score (nSPS) is 22.4. The third-order valence-electron chi connectivity index (χ3n) is 5.79. The number of benzene rings is 2. The van der Waals surface area contributed by atoms with Crippen LogP contribution in [0, 0.1) is 5.41 Å². The van der Waals surface area contributed by atoms with Crippen LogP contribution in [0.3, 0.4) is 0 Å². The molecule has 3 rings (SSSR count). The molecule has 0 aromatic heterocycles. The molecule has 166 valence electrons. The van der Waals surface area contributed by atoms with Gasteiger partial charge in [0, 0.05) is 5.41 Å². The minimum absolute atomic E-state index is 0.0840. The second-order valence-electron chi connectivity index (χ2n) is 8.87. The summed E-state index contributed by atoms with van der Waals surface area (Å²) in [6.45, 7) is 5.58. The predicted molar refractivity (Wildman–Crippen MR) is 116 cm³/mol. The van der Waals surface area contributed by atoms with Crippen LogP contribution in [-0.2, 0) is 14.2 Å². The average molecular weight is 427 g/mol. The zero-order chi connectivity index (χ0) is 22.5. The quantitative estimate of drug-likeness (QED) is 0.674. The number of ether oxygens (including phenoxy) is 3. The lowest BCUT2D eigenvalue weighted by atomic mass is 9.76. The monoisotopic (exact) mass is 426 g/mol. The molecule has 6 nitrogen and oxygen atoms in total. The van der Waals surface area contributed by atoms with Crippen LogP contribution in [0.5, 0.6) is 0 Å². The minimum atomic E-state index is -0.961. The van der Waals surface area contributed by atoms with Gasteiger partial charge in [0.2, 0.25) is 0 Å². The van der Waals surface area contributed by atoms with Crippen LogP contribution >= 0.6 is 0 Å². The van der Waals surface area contributed by atoms with Crippen LogP contribution in [-0.4, -0.2) is 48.1 Å². The highest BCUT2D eigenvalue weighted by atomic mass is 16.6. The van der Waals surface area contributed by atoms with E-state index in [0.29, 0.717) is 24.0 Å².